The maximum atomic E-state index is 11.2. The highest BCUT2D eigenvalue weighted by Gasteiger charge is 2.17. The number of aryl methyl sites for hydroxylation is 1. The molecular formula is C17H13NO2S. The lowest BCUT2D eigenvalue weighted by molar-refractivity contribution is 0.0692. The van der Waals surface area contributed by atoms with Crippen molar-refractivity contribution in [3.63, 3.8) is 0 Å². The van der Waals surface area contributed by atoms with E-state index in [0.717, 1.165) is 21.7 Å². The Morgan fingerprint density at radius 2 is 1.52 bits per heavy atom. The average Bonchev–Trinajstić information content (AvgIpc) is 2.91. The number of nitrogens with zero attached hydrogens (tertiary/aromatic N) is 1. The van der Waals surface area contributed by atoms with Crippen molar-refractivity contribution in [2.24, 2.45) is 0 Å². The molecule has 0 saturated carbocycles. The molecular weight excluding hydrogens is 282 g/mol. The molecule has 0 unspecified atom stereocenters. The first-order valence-corrected chi connectivity index (χ1v) is 7.33. The Morgan fingerprint density at radius 3 is 2.14 bits per heavy atom. The van der Waals surface area contributed by atoms with Crippen LogP contribution in [0.3, 0.4) is 0 Å². The molecule has 0 saturated heterocycles. The summed E-state index contributed by atoms with van der Waals surface area (Å²) in [5.41, 5.74) is 3.27. The van der Waals surface area contributed by atoms with E-state index in [9.17, 15) is 9.90 Å². The molecule has 4 heteroatoms. The lowest BCUT2D eigenvalue weighted by Gasteiger charge is -2.03. The molecule has 0 aliphatic carbocycles. The Kier molecular flexibility index (Phi) is 3.54. The Labute approximate surface area is 126 Å². The van der Waals surface area contributed by atoms with Crippen molar-refractivity contribution in [2.75, 3.05) is 0 Å². The van der Waals surface area contributed by atoms with E-state index in [2.05, 4.69) is 17.1 Å². The van der Waals surface area contributed by atoms with Gasteiger partial charge in [0.05, 0.1) is 9.88 Å². The van der Waals surface area contributed by atoms with Crippen LogP contribution in [0.25, 0.3) is 21.6 Å². The number of benzene rings is 2. The van der Waals surface area contributed by atoms with E-state index < -0.39 is 5.97 Å². The van der Waals surface area contributed by atoms with E-state index in [-0.39, 0.29) is 5.69 Å². The lowest BCUT2D eigenvalue weighted by atomic mass is 10.0. The van der Waals surface area contributed by atoms with E-state index in [1.165, 1.54) is 11.3 Å². The van der Waals surface area contributed by atoms with E-state index in [4.69, 9.17) is 0 Å². The van der Waals surface area contributed by atoms with Crippen LogP contribution in [0.15, 0.2) is 54.6 Å². The summed E-state index contributed by atoms with van der Waals surface area (Å²) < 4.78 is 0. The number of aromatic carboxylic acids is 1. The Bertz CT molecular complexity index is 776. The SMILES string of the molecule is Cc1nc(C(=O)O)c(-c2ccc(-c3ccccc3)cc2)s1. The molecule has 3 nitrogen and oxygen atoms in total. The third-order valence-corrected chi connectivity index (χ3v) is 4.21. The predicted octanol–water partition coefficient (Wildman–Crippen LogP) is 4.48. The number of hydrogen-bond acceptors (Lipinski definition) is 3. The molecule has 0 spiro atoms. The van der Waals surface area contributed by atoms with E-state index in [1.54, 1.807) is 0 Å². The molecule has 0 atom stereocenters. The molecule has 21 heavy (non-hydrogen) atoms. The van der Waals surface area contributed by atoms with Gasteiger partial charge in [-0.1, -0.05) is 54.6 Å². The van der Waals surface area contributed by atoms with Crippen LogP contribution in [-0.2, 0) is 0 Å². The van der Waals surface area contributed by atoms with E-state index >= 15 is 0 Å². The Morgan fingerprint density at radius 1 is 0.952 bits per heavy atom. The van der Waals surface area contributed by atoms with Gasteiger partial charge in [0.2, 0.25) is 0 Å². The Hall–Kier alpha value is -2.46. The number of hydrogen-bond donors (Lipinski definition) is 1. The zero-order valence-corrected chi connectivity index (χ0v) is 12.2. The molecule has 3 aromatic rings. The fraction of sp³-hybridized carbons (Fsp3) is 0.0588. The van der Waals surface area contributed by atoms with E-state index in [0.29, 0.717) is 4.88 Å². The topological polar surface area (TPSA) is 50.2 Å². The van der Waals surface area contributed by atoms with E-state index in [1.807, 2.05) is 49.4 Å². The van der Waals surface area contributed by atoms with Crippen LogP contribution in [-0.4, -0.2) is 16.1 Å². The zero-order chi connectivity index (χ0) is 14.8. The lowest BCUT2D eigenvalue weighted by Crippen LogP contribution is -1.98. The first kappa shape index (κ1) is 13.5. The highest BCUT2D eigenvalue weighted by atomic mass is 32.1. The number of carboxylic acids is 1. The van der Waals surface area contributed by atoms with Crippen LogP contribution in [0.1, 0.15) is 15.5 Å². The van der Waals surface area contributed by atoms with Crippen LogP contribution < -0.4 is 0 Å². The fourth-order valence-electron chi connectivity index (χ4n) is 2.21. The summed E-state index contributed by atoms with van der Waals surface area (Å²) in [5, 5.41) is 9.98. The molecule has 0 aliphatic rings. The van der Waals surface area contributed by atoms with Gasteiger partial charge in [-0.05, 0) is 23.6 Å². The van der Waals surface area contributed by atoms with Gasteiger partial charge < -0.3 is 5.11 Å². The molecule has 0 fully saturated rings. The average molecular weight is 295 g/mol. The van der Waals surface area contributed by atoms with Crippen molar-refractivity contribution in [3.05, 3.63) is 65.3 Å². The maximum Gasteiger partial charge on any atom is 0.356 e. The van der Waals surface area contributed by atoms with Crippen LogP contribution in [0, 0.1) is 6.92 Å². The van der Waals surface area contributed by atoms with Gasteiger partial charge in [0.25, 0.3) is 0 Å². The van der Waals surface area contributed by atoms with Crippen molar-refractivity contribution in [3.8, 4) is 21.6 Å². The summed E-state index contributed by atoms with van der Waals surface area (Å²) in [4.78, 5) is 16.0. The van der Waals surface area contributed by atoms with Crippen LogP contribution in [0.5, 0.6) is 0 Å². The quantitative estimate of drug-likeness (QED) is 0.775. The molecule has 1 N–H and O–H groups in total. The second-order valence-corrected chi connectivity index (χ2v) is 5.86. The standard InChI is InChI=1S/C17H13NO2S/c1-11-18-15(17(19)20)16(21-11)14-9-7-13(8-10-14)12-5-3-2-4-6-12/h2-10H,1H3,(H,19,20). The minimum absolute atomic E-state index is 0.130. The summed E-state index contributed by atoms with van der Waals surface area (Å²) in [6.07, 6.45) is 0. The zero-order valence-electron chi connectivity index (χ0n) is 11.4. The van der Waals surface area contributed by atoms with Crippen LogP contribution in [0.4, 0.5) is 0 Å². The molecule has 3 rings (SSSR count). The van der Waals surface area contributed by atoms with Gasteiger partial charge in [0.15, 0.2) is 5.69 Å². The number of rotatable bonds is 3. The van der Waals surface area contributed by atoms with Gasteiger partial charge in [-0.25, -0.2) is 9.78 Å². The summed E-state index contributed by atoms with van der Waals surface area (Å²) in [6.45, 7) is 1.82. The van der Waals surface area contributed by atoms with Gasteiger partial charge in [0.1, 0.15) is 0 Å². The first-order valence-electron chi connectivity index (χ1n) is 6.52. The smallest absolute Gasteiger partial charge is 0.356 e. The number of thiazole rings is 1. The minimum Gasteiger partial charge on any atom is -0.476 e. The predicted molar refractivity (Wildman–Crippen MR) is 84.7 cm³/mol. The fourth-order valence-corrected chi connectivity index (χ4v) is 3.13. The highest BCUT2D eigenvalue weighted by molar-refractivity contribution is 7.15. The molecule has 104 valence electrons. The summed E-state index contributed by atoms with van der Waals surface area (Å²) >= 11 is 1.41. The molecule has 1 aromatic heterocycles. The number of carbonyl (C=O) groups is 1. The van der Waals surface area contributed by atoms with Crippen molar-refractivity contribution in [1.29, 1.82) is 0 Å². The molecule has 0 radical (unpaired) electrons. The van der Waals surface area contributed by atoms with Crippen molar-refractivity contribution in [2.45, 2.75) is 6.92 Å². The summed E-state index contributed by atoms with van der Waals surface area (Å²) in [5.74, 6) is -0.985. The molecule has 0 bridgehead atoms. The molecule has 0 aliphatic heterocycles. The normalized spacial score (nSPS) is 10.5. The first-order chi connectivity index (χ1) is 10.1. The van der Waals surface area contributed by atoms with Crippen LogP contribution >= 0.6 is 11.3 Å². The van der Waals surface area contributed by atoms with Crippen molar-refractivity contribution >= 4 is 17.3 Å². The van der Waals surface area contributed by atoms with Crippen LogP contribution in [0.2, 0.25) is 0 Å². The summed E-state index contributed by atoms with van der Waals surface area (Å²) in [6, 6.07) is 18.0. The monoisotopic (exact) mass is 295 g/mol. The molecule has 2 aromatic carbocycles. The second-order valence-electron chi connectivity index (χ2n) is 4.66. The Balaban J connectivity index is 2.00. The third kappa shape index (κ3) is 2.71. The summed E-state index contributed by atoms with van der Waals surface area (Å²) in [7, 11) is 0. The molecule has 1 heterocycles. The second kappa shape index (κ2) is 5.50. The van der Waals surface area contributed by atoms with Gasteiger partial charge in [-0.2, -0.15) is 0 Å². The van der Waals surface area contributed by atoms with Gasteiger partial charge in [-0.3, -0.25) is 0 Å². The van der Waals surface area contributed by atoms with Gasteiger partial charge in [0, 0.05) is 0 Å². The number of carboxylic acid groups (broad SMARTS) is 1. The minimum atomic E-state index is -0.985. The van der Waals surface area contributed by atoms with Gasteiger partial charge in [-0.15, -0.1) is 11.3 Å². The highest BCUT2D eigenvalue weighted by Crippen LogP contribution is 2.31. The van der Waals surface area contributed by atoms with Gasteiger partial charge >= 0.3 is 5.97 Å². The van der Waals surface area contributed by atoms with Crippen molar-refractivity contribution in [1.82, 2.24) is 4.98 Å². The largest absolute Gasteiger partial charge is 0.476 e. The molecule has 0 amide bonds. The third-order valence-electron chi connectivity index (χ3n) is 3.19. The number of aromatic nitrogens is 1. The maximum absolute atomic E-state index is 11.2. The van der Waals surface area contributed by atoms with Crippen molar-refractivity contribution < 1.29 is 9.90 Å².